The van der Waals surface area contributed by atoms with Crippen LogP contribution in [0.25, 0.3) is 0 Å². The van der Waals surface area contributed by atoms with Crippen molar-refractivity contribution in [2.75, 3.05) is 13.2 Å². The first kappa shape index (κ1) is 16.3. The van der Waals surface area contributed by atoms with Crippen LogP contribution in [0.3, 0.4) is 0 Å². The standard InChI is InChI=1S/C16H26N2O2/c1-12(2)9-17-16(19)18-10-14-5-7-15(8-6-14)20-11-13(3)4/h5-8,12-13H,9-11H2,1-4H3,(H2,17,18,19). The van der Waals surface area contributed by atoms with Gasteiger partial charge in [0.2, 0.25) is 0 Å². The van der Waals surface area contributed by atoms with Crippen molar-refractivity contribution in [2.24, 2.45) is 11.8 Å². The van der Waals surface area contributed by atoms with Gasteiger partial charge in [0, 0.05) is 13.1 Å². The van der Waals surface area contributed by atoms with Gasteiger partial charge in [0.1, 0.15) is 5.75 Å². The van der Waals surface area contributed by atoms with E-state index in [1.807, 2.05) is 24.3 Å². The Morgan fingerprint density at radius 1 is 1.05 bits per heavy atom. The topological polar surface area (TPSA) is 50.4 Å². The molecule has 1 aromatic carbocycles. The Kier molecular flexibility index (Phi) is 6.91. The summed E-state index contributed by atoms with van der Waals surface area (Å²) in [7, 11) is 0. The van der Waals surface area contributed by atoms with E-state index in [0.29, 0.717) is 24.9 Å². The lowest BCUT2D eigenvalue weighted by Gasteiger charge is -2.11. The first-order valence-electron chi connectivity index (χ1n) is 7.20. The number of ether oxygens (including phenoxy) is 1. The Bertz CT molecular complexity index is 399. The van der Waals surface area contributed by atoms with E-state index in [1.54, 1.807) is 0 Å². The average molecular weight is 278 g/mol. The van der Waals surface area contributed by atoms with Gasteiger partial charge in [-0.1, -0.05) is 39.8 Å². The molecule has 0 aliphatic heterocycles. The zero-order chi connectivity index (χ0) is 15.0. The highest BCUT2D eigenvalue weighted by atomic mass is 16.5. The predicted octanol–water partition coefficient (Wildman–Crippen LogP) is 3.18. The first-order valence-corrected chi connectivity index (χ1v) is 7.20. The molecule has 0 fully saturated rings. The third kappa shape index (κ3) is 7.02. The normalized spacial score (nSPS) is 10.7. The summed E-state index contributed by atoms with van der Waals surface area (Å²) in [6.07, 6.45) is 0. The maximum absolute atomic E-state index is 11.5. The number of nitrogens with one attached hydrogen (secondary N) is 2. The molecule has 2 N–H and O–H groups in total. The summed E-state index contributed by atoms with van der Waals surface area (Å²) in [6, 6.07) is 7.69. The highest BCUT2D eigenvalue weighted by Crippen LogP contribution is 2.13. The van der Waals surface area contributed by atoms with Crippen LogP contribution in [0.2, 0.25) is 0 Å². The van der Waals surface area contributed by atoms with Crippen molar-refractivity contribution in [1.29, 1.82) is 0 Å². The lowest BCUT2D eigenvalue weighted by atomic mass is 10.2. The summed E-state index contributed by atoms with van der Waals surface area (Å²) in [5.74, 6) is 1.84. The van der Waals surface area contributed by atoms with Crippen LogP contribution in [0.15, 0.2) is 24.3 Å². The smallest absolute Gasteiger partial charge is 0.315 e. The summed E-state index contributed by atoms with van der Waals surface area (Å²) >= 11 is 0. The van der Waals surface area contributed by atoms with Gasteiger partial charge in [0.25, 0.3) is 0 Å². The first-order chi connectivity index (χ1) is 9.47. The number of amides is 2. The van der Waals surface area contributed by atoms with E-state index in [4.69, 9.17) is 4.74 Å². The van der Waals surface area contributed by atoms with Gasteiger partial charge in [-0.2, -0.15) is 0 Å². The van der Waals surface area contributed by atoms with Gasteiger partial charge in [-0.05, 0) is 29.5 Å². The second-order valence-corrected chi connectivity index (χ2v) is 5.81. The van der Waals surface area contributed by atoms with Crippen molar-refractivity contribution >= 4 is 6.03 Å². The molecule has 0 aromatic heterocycles. The molecule has 0 saturated carbocycles. The van der Waals surface area contributed by atoms with Gasteiger partial charge >= 0.3 is 6.03 Å². The van der Waals surface area contributed by atoms with Gasteiger partial charge in [-0.3, -0.25) is 0 Å². The van der Waals surface area contributed by atoms with Crippen molar-refractivity contribution in [2.45, 2.75) is 34.2 Å². The molecular formula is C16H26N2O2. The van der Waals surface area contributed by atoms with Crippen LogP contribution in [0.4, 0.5) is 4.79 Å². The zero-order valence-electron chi connectivity index (χ0n) is 12.9. The molecule has 2 amide bonds. The minimum atomic E-state index is -0.126. The minimum Gasteiger partial charge on any atom is -0.493 e. The van der Waals surface area contributed by atoms with Crippen molar-refractivity contribution < 1.29 is 9.53 Å². The minimum absolute atomic E-state index is 0.126. The van der Waals surface area contributed by atoms with Crippen LogP contribution in [-0.2, 0) is 6.54 Å². The van der Waals surface area contributed by atoms with Gasteiger partial charge in [-0.25, -0.2) is 4.79 Å². The average Bonchev–Trinajstić information content (AvgIpc) is 2.41. The van der Waals surface area contributed by atoms with E-state index in [1.165, 1.54) is 0 Å². The third-order valence-electron chi connectivity index (χ3n) is 2.63. The van der Waals surface area contributed by atoms with Crippen molar-refractivity contribution in [3.8, 4) is 5.75 Å². The molecule has 0 unspecified atom stereocenters. The summed E-state index contributed by atoms with van der Waals surface area (Å²) in [6.45, 7) is 10.3. The maximum atomic E-state index is 11.5. The van der Waals surface area contributed by atoms with Gasteiger partial charge in [0.05, 0.1) is 6.61 Å². The molecule has 0 heterocycles. The SMILES string of the molecule is CC(C)CNC(=O)NCc1ccc(OCC(C)C)cc1. The van der Waals surface area contributed by atoms with Gasteiger partial charge in [-0.15, -0.1) is 0 Å². The lowest BCUT2D eigenvalue weighted by molar-refractivity contribution is 0.239. The monoisotopic (exact) mass is 278 g/mol. The number of carbonyl (C=O) groups excluding carboxylic acids is 1. The molecule has 1 aromatic rings. The van der Waals surface area contributed by atoms with Crippen LogP contribution in [0.5, 0.6) is 5.75 Å². The molecular weight excluding hydrogens is 252 g/mol. The Balaban J connectivity index is 2.32. The van der Waals surface area contributed by atoms with Crippen LogP contribution in [0, 0.1) is 11.8 Å². The molecule has 0 aliphatic carbocycles. The van der Waals surface area contributed by atoms with Crippen LogP contribution >= 0.6 is 0 Å². The van der Waals surface area contributed by atoms with Crippen LogP contribution < -0.4 is 15.4 Å². The second kappa shape index (κ2) is 8.46. The second-order valence-electron chi connectivity index (χ2n) is 5.81. The molecule has 0 aliphatic rings. The number of urea groups is 1. The van der Waals surface area contributed by atoms with E-state index in [0.717, 1.165) is 17.9 Å². The van der Waals surface area contributed by atoms with E-state index >= 15 is 0 Å². The molecule has 0 atom stereocenters. The molecule has 4 nitrogen and oxygen atoms in total. The van der Waals surface area contributed by atoms with E-state index < -0.39 is 0 Å². The van der Waals surface area contributed by atoms with Crippen LogP contribution in [-0.4, -0.2) is 19.2 Å². The van der Waals surface area contributed by atoms with Crippen molar-refractivity contribution in [1.82, 2.24) is 10.6 Å². The fourth-order valence-corrected chi connectivity index (χ4v) is 1.51. The zero-order valence-corrected chi connectivity index (χ0v) is 12.9. The summed E-state index contributed by atoms with van der Waals surface area (Å²) in [5.41, 5.74) is 1.06. The maximum Gasteiger partial charge on any atom is 0.315 e. The van der Waals surface area contributed by atoms with Gasteiger partial charge < -0.3 is 15.4 Å². The van der Waals surface area contributed by atoms with Crippen LogP contribution in [0.1, 0.15) is 33.3 Å². The largest absolute Gasteiger partial charge is 0.493 e. The molecule has 20 heavy (non-hydrogen) atoms. The molecule has 0 spiro atoms. The Morgan fingerprint density at radius 2 is 1.70 bits per heavy atom. The fraction of sp³-hybridized carbons (Fsp3) is 0.562. The number of hydrogen-bond acceptors (Lipinski definition) is 2. The summed E-state index contributed by atoms with van der Waals surface area (Å²) in [4.78, 5) is 11.5. The molecule has 0 saturated heterocycles. The van der Waals surface area contributed by atoms with E-state index in [-0.39, 0.29) is 6.03 Å². The molecule has 4 heteroatoms. The summed E-state index contributed by atoms with van der Waals surface area (Å²) in [5, 5.41) is 5.65. The Labute approximate surface area is 121 Å². The lowest BCUT2D eigenvalue weighted by Crippen LogP contribution is -2.36. The number of rotatable bonds is 7. The number of carbonyl (C=O) groups is 1. The Morgan fingerprint density at radius 3 is 2.25 bits per heavy atom. The van der Waals surface area contributed by atoms with Crippen molar-refractivity contribution in [3.63, 3.8) is 0 Å². The third-order valence-corrected chi connectivity index (χ3v) is 2.63. The molecule has 0 radical (unpaired) electrons. The molecule has 0 bridgehead atoms. The van der Waals surface area contributed by atoms with E-state index in [2.05, 4.69) is 38.3 Å². The predicted molar refractivity (Wildman–Crippen MR) is 81.9 cm³/mol. The molecule has 1 rings (SSSR count). The fourth-order valence-electron chi connectivity index (χ4n) is 1.51. The van der Waals surface area contributed by atoms with E-state index in [9.17, 15) is 4.79 Å². The summed E-state index contributed by atoms with van der Waals surface area (Å²) < 4.78 is 5.61. The van der Waals surface area contributed by atoms with Crippen molar-refractivity contribution in [3.05, 3.63) is 29.8 Å². The number of benzene rings is 1. The molecule has 112 valence electrons. The van der Waals surface area contributed by atoms with Gasteiger partial charge in [0.15, 0.2) is 0 Å². The highest BCUT2D eigenvalue weighted by molar-refractivity contribution is 5.73. The number of hydrogen-bond donors (Lipinski definition) is 2. The quantitative estimate of drug-likeness (QED) is 0.805. The highest BCUT2D eigenvalue weighted by Gasteiger charge is 2.02. The Hall–Kier alpha value is -1.71.